The minimum atomic E-state index is -3.63. The van der Waals surface area contributed by atoms with Gasteiger partial charge in [0, 0.05) is 25.3 Å². The van der Waals surface area contributed by atoms with Gasteiger partial charge in [0.25, 0.3) is 0 Å². The van der Waals surface area contributed by atoms with Crippen LogP contribution < -0.4 is 9.47 Å². The van der Waals surface area contributed by atoms with Crippen molar-refractivity contribution in [3.05, 3.63) is 18.2 Å². The van der Waals surface area contributed by atoms with E-state index in [1.54, 1.807) is 23.5 Å². The Bertz CT molecular complexity index is 661. The third-order valence-electron chi connectivity index (χ3n) is 4.88. The molecule has 0 spiro atoms. The van der Waals surface area contributed by atoms with E-state index >= 15 is 0 Å². The van der Waals surface area contributed by atoms with Gasteiger partial charge in [0.2, 0.25) is 10.0 Å². The maximum absolute atomic E-state index is 13.2. The van der Waals surface area contributed by atoms with Gasteiger partial charge in [-0.25, -0.2) is 8.42 Å². The molecule has 2 saturated heterocycles. The highest BCUT2D eigenvalue weighted by atomic mass is 32.2. The smallest absolute Gasteiger partial charge is 0.247 e. The number of piperidine rings is 1. The molecule has 0 saturated carbocycles. The fourth-order valence-electron chi connectivity index (χ4n) is 3.77. The van der Waals surface area contributed by atoms with Crippen LogP contribution in [-0.4, -0.2) is 52.2 Å². The van der Waals surface area contributed by atoms with Crippen LogP contribution in [0.2, 0.25) is 0 Å². The number of rotatable bonds is 5. The molecule has 0 amide bonds. The van der Waals surface area contributed by atoms with Crippen molar-refractivity contribution in [2.75, 3.05) is 21.3 Å². The normalized spacial score (nSPS) is 27.9. The number of hydrogen-bond donors (Lipinski definition) is 0. The van der Waals surface area contributed by atoms with E-state index in [1.165, 1.54) is 20.3 Å². The van der Waals surface area contributed by atoms with Gasteiger partial charge in [0.05, 0.1) is 20.3 Å². The molecule has 2 heterocycles. The van der Waals surface area contributed by atoms with Gasteiger partial charge in [-0.3, -0.25) is 0 Å². The number of ether oxygens (including phenoxy) is 3. The predicted molar refractivity (Wildman–Crippen MR) is 85.4 cm³/mol. The van der Waals surface area contributed by atoms with Crippen LogP contribution in [0.25, 0.3) is 0 Å². The topological polar surface area (TPSA) is 65.1 Å². The summed E-state index contributed by atoms with van der Waals surface area (Å²) in [4.78, 5) is 0.173. The molecule has 2 aliphatic heterocycles. The van der Waals surface area contributed by atoms with Crippen molar-refractivity contribution in [3.8, 4) is 11.5 Å². The summed E-state index contributed by atoms with van der Waals surface area (Å²) < 4.78 is 44.1. The molecule has 1 aromatic rings. The first kappa shape index (κ1) is 16.5. The average Bonchev–Trinajstić information content (AvgIpc) is 2.85. The number of methoxy groups -OCH3 is 3. The van der Waals surface area contributed by atoms with Gasteiger partial charge in [-0.1, -0.05) is 0 Å². The number of sulfonamides is 1. The lowest BCUT2D eigenvalue weighted by Gasteiger charge is -2.37. The minimum absolute atomic E-state index is 0.000364. The molecule has 0 aromatic heterocycles. The van der Waals surface area contributed by atoms with Crippen molar-refractivity contribution in [1.29, 1.82) is 0 Å². The summed E-state index contributed by atoms with van der Waals surface area (Å²) in [7, 11) is 1.06. The van der Waals surface area contributed by atoms with Crippen LogP contribution in [0.4, 0.5) is 0 Å². The molecule has 2 unspecified atom stereocenters. The largest absolute Gasteiger partial charge is 0.497 e. The summed E-state index contributed by atoms with van der Waals surface area (Å²) in [5, 5.41) is 0. The number of benzene rings is 1. The molecule has 2 aliphatic rings. The Morgan fingerprint density at radius 2 is 1.70 bits per heavy atom. The van der Waals surface area contributed by atoms with Crippen LogP contribution in [0, 0.1) is 0 Å². The van der Waals surface area contributed by atoms with E-state index in [2.05, 4.69) is 0 Å². The first-order valence-corrected chi connectivity index (χ1v) is 9.23. The molecular weight excluding hydrogens is 318 g/mol. The van der Waals surface area contributed by atoms with Gasteiger partial charge in [0.1, 0.15) is 16.4 Å². The number of hydrogen-bond acceptors (Lipinski definition) is 5. The Morgan fingerprint density at radius 3 is 2.22 bits per heavy atom. The quantitative estimate of drug-likeness (QED) is 0.820. The van der Waals surface area contributed by atoms with Crippen molar-refractivity contribution in [2.45, 2.75) is 48.8 Å². The van der Waals surface area contributed by atoms with E-state index < -0.39 is 10.0 Å². The Morgan fingerprint density at radius 1 is 1.04 bits per heavy atom. The molecule has 128 valence electrons. The van der Waals surface area contributed by atoms with Crippen LogP contribution in [0.5, 0.6) is 11.5 Å². The fourth-order valence-corrected chi connectivity index (χ4v) is 5.83. The van der Waals surface area contributed by atoms with Crippen molar-refractivity contribution < 1.29 is 22.6 Å². The van der Waals surface area contributed by atoms with Crippen molar-refractivity contribution >= 4 is 10.0 Å². The summed E-state index contributed by atoms with van der Waals surface area (Å²) in [5.41, 5.74) is 0. The molecule has 2 bridgehead atoms. The first-order chi connectivity index (χ1) is 11.0. The zero-order valence-electron chi connectivity index (χ0n) is 13.7. The summed E-state index contributed by atoms with van der Waals surface area (Å²) in [6.07, 6.45) is 3.41. The fraction of sp³-hybridized carbons (Fsp3) is 0.625. The zero-order valence-corrected chi connectivity index (χ0v) is 14.5. The van der Waals surface area contributed by atoms with Gasteiger partial charge in [-0.05, 0) is 37.8 Å². The molecule has 7 heteroatoms. The molecule has 6 nitrogen and oxygen atoms in total. The predicted octanol–water partition coefficient (Wildman–Crippen LogP) is 2.03. The third-order valence-corrected chi connectivity index (χ3v) is 6.91. The molecule has 3 rings (SSSR count). The lowest BCUT2D eigenvalue weighted by atomic mass is 10.0. The highest BCUT2D eigenvalue weighted by Gasteiger charge is 2.48. The standard InChI is InChI=1S/C16H23NO5S/c1-20-13-6-7-15(22-3)16(10-13)23(18,19)17-11-4-5-12(17)9-14(8-11)21-2/h6-7,10-12,14H,4-5,8-9H2,1-3H3. The monoisotopic (exact) mass is 341 g/mol. The second-order valence-corrected chi connectivity index (χ2v) is 7.88. The van der Waals surface area contributed by atoms with Crippen LogP contribution >= 0.6 is 0 Å². The molecular formula is C16H23NO5S. The minimum Gasteiger partial charge on any atom is -0.497 e. The molecule has 2 fully saturated rings. The van der Waals surface area contributed by atoms with Gasteiger partial charge in [0.15, 0.2) is 0 Å². The van der Waals surface area contributed by atoms with E-state index in [0.717, 1.165) is 25.7 Å². The molecule has 1 aromatic carbocycles. The molecule has 23 heavy (non-hydrogen) atoms. The molecule has 0 N–H and O–H groups in total. The lowest BCUT2D eigenvalue weighted by molar-refractivity contribution is 0.0349. The Kier molecular flexibility index (Phi) is 4.53. The van der Waals surface area contributed by atoms with Gasteiger partial charge < -0.3 is 14.2 Å². The summed E-state index contributed by atoms with van der Waals surface area (Å²) in [5.74, 6) is 0.850. The van der Waals surface area contributed by atoms with Crippen molar-refractivity contribution in [2.24, 2.45) is 0 Å². The maximum atomic E-state index is 13.2. The van der Waals surface area contributed by atoms with E-state index in [1.807, 2.05) is 0 Å². The maximum Gasteiger partial charge on any atom is 0.247 e. The summed E-state index contributed by atoms with van der Waals surface area (Å²) in [6.45, 7) is 0. The van der Waals surface area contributed by atoms with Crippen LogP contribution in [0.1, 0.15) is 25.7 Å². The van der Waals surface area contributed by atoms with Gasteiger partial charge >= 0.3 is 0 Å². The molecule has 0 radical (unpaired) electrons. The van der Waals surface area contributed by atoms with E-state index in [9.17, 15) is 8.42 Å². The number of nitrogens with zero attached hydrogens (tertiary/aromatic N) is 1. The highest BCUT2D eigenvalue weighted by Crippen LogP contribution is 2.42. The van der Waals surface area contributed by atoms with E-state index in [-0.39, 0.29) is 23.1 Å². The van der Waals surface area contributed by atoms with Gasteiger partial charge in [-0.15, -0.1) is 0 Å². The Hall–Kier alpha value is -1.31. The Balaban J connectivity index is 2.00. The summed E-state index contributed by atoms with van der Waals surface area (Å²) in [6, 6.07) is 4.87. The van der Waals surface area contributed by atoms with Crippen molar-refractivity contribution in [3.63, 3.8) is 0 Å². The first-order valence-electron chi connectivity index (χ1n) is 7.79. The average molecular weight is 341 g/mol. The summed E-state index contributed by atoms with van der Waals surface area (Å²) >= 11 is 0. The van der Waals surface area contributed by atoms with E-state index in [0.29, 0.717) is 11.5 Å². The third kappa shape index (κ3) is 2.81. The molecule has 0 aliphatic carbocycles. The SMILES string of the molecule is COc1ccc(OC)c(S(=O)(=O)N2C3CCC2CC(OC)C3)c1. The zero-order chi connectivity index (χ0) is 16.6. The number of fused-ring (bicyclic) bond motifs is 2. The van der Waals surface area contributed by atoms with Crippen molar-refractivity contribution in [1.82, 2.24) is 4.31 Å². The second-order valence-electron chi connectivity index (χ2n) is 6.07. The van der Waals surface area contributed by atoms with Crippen LogP contribution in [0.3, 0.4) is 0 Å². The molecule has 2 atom stereocenters. The van der Waals surface area contributed by atoms with Gasteiger partial charge in [-0.2, -0.15) is 4.31 Å². The second kappa shape index (κ2) is 6.30. The van der Waals surface area contributed by atoms with Crippen LogP contribution in [0.15, 0.2) is 23.1 Å². The van der Waals surface area contributed by atoms with E-state index in [4.69, 9.17) is 14.2 Å². The highest BCUT2D eigenvalue weighted by molar-refractivity contribution is 7.89. The Labute approximate surface area is 137 Å². The lowest BCUT2D eigenvalue weighted by Crippen LogP contribution is -2.48. The van der Waals surface area contributed by atoms with Crippen LogP contribution in [-0.2, 0) is 14.8 Å².